The summed E-state index contributed by atoms with van der Waals surface area (Å²) < 4.78 is 0.710. The largest absolute Gasteiger partial charge is 0.300 e. The molecular formula is C10H19IO. The Morgan fingerprint density at radius 2 is 1.92 bits per heavy atom. The number of alkyl halides is 1. The number of carbonyl (C=O) groups excluding carboxylic acids is 1. The molecule has 0 aromatic carbocycles. The number of hydrogen-bond donors (Lipinski definition) is 0. The monoisotopic (exact) mass is 282 g/mol. The van der Waals surface area contributed by atoms with Crippen molar-refractivity contribution in [2.24, 2.45) is 0 Å². The molecule has 1 nitrogen and oxygen atoms in total. The smallest absolute Gasteiger partial charge is 0.132 e. The summed E-state index contributed by atoms with van der Waals surface area (Å²) in [7, 11) is 0. The van der Waals surface area contributed by atoms with Gasteiger partial charge in [-0.05, 0) is 19.3 Å². The number of unbranched alkanes of at least 4 members (excludes halogenated alkanes) is 1. The Labute approximate surface area is 89.4 Å². The van der Waals surface area contributed by atoms with Crippen molar-refractivity contribution in [2.45, 2.75) is 56.3 Å². The first-order valence-corrected chi connectivity index (χ1v) is 6.07. The van der Waals surface area contributed by atoms with Crippen LogP contribution in [-0.4, -0.2) is 9.71 Å². The van der Waals surface area contributed by atoms with Crippen LogP contribution in [0.4, 0.5) is 0 Å². The van der Waals surface area contributed by atoms with E-state index in [1.807, 2.05) is 0 Å². The number of ketones is 1. The van der Waals surface area contributed by atoms with E-state index in [0.29, 0.717) is 9.71 Å². The van der Waals surface area contributed by atoms with Crippen LogP contribution in [0.3, 0.4) is 0 Å². The van der Waals surface area contributed by atoms with E-state index in [1.54, 1.807) is 0 Å². The molecule has 0 rings (SSSR count). The van der Waals surface area contributed by atoms with E-state index in [1.165, 1.54) is 6.42 Å². The second-order valence-electron chi connectivity index (χ2n) is 3.32. The minimum atomic E-state index is 0.453. The first kappa shape index (κ1) is 12.4. The van der Waals surface area contributed by atoms with Gasteiger partial charge in [-0.25, -0.2) is 0 Å². The lowest BCUT2D eigenvalue weighted by atomic mass is 10.1. The van der Waals surface area contributed by atoms with Crippen LogP contribution in [0.2, 0.25) is 0 Å². The van der Waals surface area contributed by atoms with Crippen molar-refractivity contribution >= 4 is 28.4 Å². The molecule has 0 amide bonds. The molecule has 0 aliphatic carbocycles. The summed E-state index contributed by atoms with van der Waals surface area (Å²) in [6.07, 6.45) is 6.05. The SMILES string of the molecule is CCCCC(=O)CCCC(C)I. The lowest BCUT2D eigenvalue weighted by Gasteiger charge is -2.01. The van der Waals surface area contributed by atoms with E-state index in [4.69, 9.17) is 0 Å². The predicted octanol–water partition coefficient (Wildman–Crippen LogP) is 3.74. The topological polar surface area (TPSA) is 17.1 Å². The highest BCUT2D eigenvalue weighted by atomic mass is 127. The zero-order chi connectivity index (χ0) is 9.40. The van der Waals surface area contributed by atoms with Crippen LogP contribution in [0.15, 0.2) is 0 Å². The second kappa shape index (κ2) is 8.02. The highest BCUT2D eigenvalue weighted by Gasteiger charge is 2.02. The van der Waals surface area contributed by atoms with Gasteiger partial charge in [-0.3, -0.25) is 4.79 Å². The van der Waals surface area contributed by atoms with Gasteiger partial charge in [0.05, 0.1) is 0 Å². The highest BCUT2D eigenvalue weighted by Crippen LogP contribution is 2.10. The average Bonchev–Trinajstić information content (AvgIpc) is 2.00. The molecule has 0 fully saturated rings. The van der Waals surface area contributed by atoms with Crippen LogP contribution in [0, 0.1) is 0 Å². The third-order valence-electron chi connectivity index (χ3n) is 1.87. The zero-order valence-electron chi connectivity index (χ0n) is 8.11. The summed E-state index contributed by atoms with van der Waals surface area (Å²) >= 11 is 2.41. The van der Waals surface area contributed by atoms with Crippen LogP contribution < -0.4 is 0 Å². The predicted molar refractivity (Wildman–Crippen MR) is 61.9 cm³/mol. The maximum absolute atomic E-state index is 11.2. The standard InChI is InChI=1S/C10H19IO/c1-3-4-7-10(12)8-5-6-9(2)11/h9H,3-8H2,1-2H3. The maximum atomic E-state index is 11.2. The third kappa shape index (κ3) is 8.50. The van der Waals surface area contributed by atoms with Gasteiger partial charge in [-0.2, -0.15) is 0 Å². The molecule has 1 atom stereocenters. The van der Waals surface area contributed by atoms with E-state index in [-0.39, 0.29) is 0 Å². The lowest BCUT2D eigenvalue weighted by Crippen LogP contribution is -1.99. The number of Topliss-reactive ketones (excluding diaryl/α,β-unsaturated/α-hetero) is 1. The fourth-order valence-electron chi connectivity index (χ4n) is 1.08. The maximum Gasteiger partial charge on any atom is 0.132 e. The first-order valence-electron chi connectivity index (χ1n) is 4.82. The molecule has 0 saturated carbocycles. The molecule has 2 heteroatoms. The summed E-state index contributed by atoms with van der Waals surface area (Å²) in [5.74, 6) is 0.453. The summed E-state index contributed by atoms with van der Waals surface area (Å²) in [5.41, 5.74) is 0. The fraction of sp³-hybridized carbons (Fsp3) is 0.900. The molecule has 0 aromatic heterocycles. The molecule has 0 heterocycles. The van der Waals surface area contributed by atoms with Gasteiger partial charge >= 0.3 is 0 Å². The fourth-order valence-corrected chi connectivity index (χ4v) is 1.52. The van der Waals surface area contributed by atoms with Crippen molar-refractivity contribution in [3.05, 3.63) is 0 Å². The van der Waals surface area contributed by atoms with E-state index in [9.17, 15) is 4.79 Å². The lowest BCUT2D eigenvalue weighted by molar-refractivity contribution is -0.119. The van der Waals surface area contributed by atoms with Gasteiger partial charge in [0.1, 0.15) is 5.78 Å². The summed E-state index contributed by atoms with van der Waals surface area (Å²) in [6.45, 7) is 4.32. The number of rotatable bonds is 7. The van der Waals surface area contributed by atoms with E-state index < -0.39 is 0 Å². The minimum absolute atomic E-state index is 0.453. The first-order chi connectivity index (χ1) is 5.66. The molecule has 0 aliphatic heterocycles. The van der Waals surface area contributed by atoms with Crippen LogP contribution in [-0.2, 0) is 4.79 Å². The van der Waals surface area contributed by atoms with Crippen molar-refractivity contribution in [3.63, 3.8) is 0 Å². The number of halogens is 1. The molecule has 0 radical (unpaired) electrons. The van der Waals surface area contributed by atoms with E-state index >= 15 is 0 Å². The molecule has 72 valence electrons. The molecule has 0 aliphatic rings. The normalized spacial score (nSPS) is 12.9. The van der Waals surface area contributed by atoms with Gasteiger partial charge in [-0.1, -0.05) is 42.9 Å². The molecule has 0 bridgehead atoms. The van der Waals surface area contributed by atoms with Crippen molar-refractivity contribution in [1.82, 2.24) is 0 Å². The van der Waals surface area contributed by atoms with Gasteiger partial charge in [0, 0.05) is 16.8 Å². The van der Waals surface area contributed by atoms with Gasteiger partial charge in [0.15, 0.2) is 0 Å². The van der Waals surface area contributed by atoms with Gasteiger partial charge < -0.3 is 0 Å². The highest BCUT2D eigenvalue weighted by molar-refractivity contribution is 14.1. The average molecular weight is 282 g/mol. The quantitative estimate of drug-likeness (QED) is 0.513. The van der Waals surface area contributed by atoms with Crippen LogP contribution in [0.25, 0.3) is 0 Å². The summed E-state index contributed by atoms with van der Waals surface area (Å²) in [6, 6.07) is 0. The molecule has 0 N–H and O–H groups in total. The number of hydrogen-bond acceptors (Lipinski definition) is 1. The molecule has 1 unspecified atom stereocenters. The molecule has 0 aromatic rings. The third-order valence-corrected chi connectivity index (χ3v) is 2.49. The molecular weight excluding hydrogens is 263 g/mol. The minimum Gasteiger partial charge on any atom is -0.300 e. The Balaban J connectivity index is 3.20. The molecule has 12 heavy (non-hydrogen) atoms. The zero-order valence-corrected chi connectivity index (χ0v) is 10.3. The number of carbonyl (C=O) groups is 1. The summed E-state index contributed by atoms with van der Waals surface area (Å²) in [5, 5.41) is 0. The Morgan fingerprint density at radius 3 is 2.42 bits per heavy atom. The van der Waals surface area contributed by atoms with Gasteiger partial charge in [-0.15, -0.1) is 0 Å². The van der Waals surface area contributed by atoms with Gasteiger partial charge in [0.2, 0.25) is 0 Å². The van der Waals surface area contributed by atoms with Crippen molar-refractivity contribution in [1.29, 1.82) is 0 Å². The molecule has 0 spiro atoms. The van der Waals surface area contributed by atoms with Crippen LogP contribution in [0.1, 0.15) is 52.4 Å². The van der Waals surface area contributed by atoms with Crippen LogP contribution in [0.5, 0.6) is 0 Å². The van der Waals surface area contributed by atoms with E-state index in [2.05, 4.69) is 36.4 Å². The van der Waals surface area contributed by atoms with Gasteiger partial charge in [0.25, 0.3) is 0 Å². The second-order valence-corrected chi connectivity index (χ2v) is 5.44. The van der Waals surface area contributed by atoms with Crippen molar-refractivity contribution in [2.75, 3.05) is 0 Å². The Hall–Kier alpha value is 0.400. The Kier molecular flexibility index (Phi) is 8.29. The van der Waals surface area contributed by atoms with Crippen molar-refractivity contribution in [3.8, 4) is 0 Å². The van der Waals surface area contributed by atoms with Crippen molar-refractivity contribution < 1.29 is 4.79 Å². The van der Waals surface area contributed by atoms with Crippen LogP contribution >= 0.6 is 22.6 Å². The van der Waals surface area contributed by atoms with E-state index in [0.717, 1.165) is 32.1 Å². The molecule has 0 saturated heterocycles. The summed E-state index contributed by atoms with van der Waals surface area (Å²) in [4.78, 5) is 11.2. The Bertz CT molecular complexity index is 121. The Morgan fingerprint density at radius 1 is 1.33 bits per heavy atom.